The van der Waals surface area contributed by atoms with Gasteiger partial charge in [-0.1, -0.05) is 0 Å². The maximum atomic E-state index is 6.33. The van der Waals surface area contributed by atoms with Crippen LogP contribution >= 0.6 is 0 Å². The fourth-order valence-electron chi connectivity index (χ4n) is 2.74. The van der Waals surface area contributed by atoms with Gasteiger partial charge >= 0.3 is 8.56 Å². The predicted octanol–water partition coefficient (Wildman–Crippen LogP) is 0.626. The molecule has 1 fully saturated rings. The largest absolute Gasteiger partial charge is 0.420 e. The summed E-state index contributed by atoms with van der Waals surface area (Å²) in [5.41, 5.74) is 0. The van der Waals surface area contributed by atoms with Crippen LogP contribution < -0.4 is 0 Å². The summed E-state index contributed by atoms with van der Waals surface area (Å²) < 4.78 is 46.5. The van der Waals surface area contributed by atoms with E-state index in [9.17, 15) is 0 Å². The second-order valence-electron chi connectivity index (χ2n) is 6.37. The van der Waals surface area contributed by atoms with E-state index in [4.69, 9.17) is 34.8 Å². The van der Waals surface area contributed by atoms with Crippen molar-refractivity contribution < 1.29 is 34.8 Å². The first-order valence-corrected chi connectivity index (χ1v) is 20.2. The van der Waals surface area contributed by atoms with Crippen LogP contribution in [0.5, 0.6) is 0 Å². The lowest BCUT2D eigenvalue weighted by molar-refractivity contribution is 0.0247. The molecule has 0 spiro atoms. The van der Waals surface area contributed by atoms with Gasteiger partial charge in [-0.3, -0.25) is 0 Å². The summed E-state index contributed by atoms with van der Waals surface area (Å²) in [5.74, 6) is 0. The summed E-state index contributed by atoms with van der Waals surface area (Å²) in [4.78, 5) is 0. The zero-order valence-corrected chi connectivity index (χ0v) is 22.6. The van der Waals surface area contributed by atoms with Crippen molar-refractivity contribution >= 4 is 45.7 Å². The monoisotopic (exact) mass is 460 g/mol. The van der Waals surface area contributed by atoms with Gasteiger partial charge < -0.3 is 34.8 Å². The molecule has 0 radical (unpaired) electrons. The van der Waals surface area contributed by atoms with Crippen molar-refractivity contribution in [2.75, 3.05) is 40.1 Å². The highest BCUT2D eigenvalue weighted by atomic mass is 28.5. The summed E-state index contributed by atoms with van der Waals surface area (Å²) in [7, 11) is -7.46. The maximum absolute atomic E-state index is 6.33. The number of rotatable bonds is 10. The smallest absolute Gasteiger partial charge is 0.317 e. The van der Waals surface area contributed by atoms with Crippen LogP contribution in [0.1, 0.15) is 6.42 Å². The van der Waals surface area contributed by atoms with Gasteiger partial charge in [0.1, 0.15) is 0 Å². The van der Waals surface area contributed by atoms with Gasteiger partial charge in [0.25, 0.3) is 37.1 Å². The lowest BCUT2D eigenvalue weighted by Gasteiger charge is -2.36. The second kappa shape index (κ2) is 13.9. The van der Waals surface area contributed by atoms with Crippen LogP contribution in [0.4, 0.5) is 0 Å². The Labute approximate surface area is 166 Å². The minimum atomic E-state index is -2.31. The summed E-state index contributed by atoms with van der Waals surface area (Å²) in [6, 6.07) is 0.881. The van der Waals surface area contributed by atoms with Crippen molar-refractivity contribution in [3.63, 3.8) is 0 Å². The summed E-state index contributed by atoms with van der Waals surface area (Å²) in [6.45, 7) is 13.4. The van der Waals surface area contributed by atoms with Crippen molar-refractivity contribution in [1.29, 1.82) is 0 Å². The molecule has 1 aliphatic rings. The molecule has 4 unspecified atom stereocenters. The van der Waals surface area contributed by atoms with E-state index in [1.165, 1.54) is 0 Å². The molecule has 0 aromatic rings. The Morgan fingerprint density at radius 1 is 0.692 bits per heavy atom. The molecule has 1 aliphatic heterocycles. The third kappa shape index (κ3) is 11.6. The molecule has 26 heavy (non-hydrogen) atoms. The van der Waals surface area contributed by atoms with Gasteiger partial charge in [-0.15, -0.1) is 0 Å². The van der Waals surface area contributed by atoms with Crippen molar-refractivity contribution in [3.8, 4) is 0 Å². The normalized spacial score (nSPS) is 33.9. The second-order valence-corrected chi connectivity index (χ2v) is 18.8. The van der Waals surface area contributed by atoms with E-state index in [0.717, 1.165) is 12.5 Å². The maximum Gasteiger partial charge on any atom is 0.317 e. The highest BCUT2D eigenvalue weighted by Crippen LogP contribution is 2.21. The molecule has 0 amide bonds. The number of hydrogen-bond acceptors (Lipinski definition) is 8. The van der Waals surface area contributed by atoms with E-state index < -0.39 is 45.7 Å². The summed E-state index contributed by atoms with van der Waals surface area (Å²) in [6.07, 6.45) is 0.902. The first-order chi connectivity index (χ1) is 12.3. The Balaban J connectivity index is 2.35. The topological polar surface area (TPSA) is 73.8 Å². The van der Waals surface area contributed by atoms with Crippen molar-refractivity contribution in [2.45, 2.75) is 45.2 Å². The SMILES string of the molecule is COCCOCCOCCC[Si]1(C)O[SiH](C)O[SiH](C)O[SiH](C)O[SiH](C)O1. The van der Waals surface area contributed by atoms with Gasteiger partial charge in [0.15, 0.2) is 0 Å². The molecule has 0 saturated carbocycles. The number of ether oxygens (including phenoxy) is 3. The van der Waals surface area contributed by atoms with E-state index in [2.05, 4.69) is 32.7 Å². The molecular weight excluding hydrogens is 425 g/mol. The van der Waals surface area contributed by atoms with Gasteiger partial charge in [0.05, 0.1) is 26.4 Å². The summed E-state index contributed by atoms with van der Waals surface area (Å²) >= 11 is 0. The van der Waals surface area contributed by atoms with Crippen LogP contribution in [0.15, 0.2) is 0 Å². The van der Waals surface area contributed by atoms with Crippen LogP contribution in [0.2, 0.25) is 38.8 Å². The minimum Gasteiger partial charge on any atom is -0.420 e. The van der Waals surface area contributed by atoms with Crippen molar-refractivity contribution in [2.24, 2.45) is 0 Å². The van der Waals surface area contributed by atoms with Crippen LogP contribution in [0, 0.1) is 0 Å². The highest BCUT2D eigenvalue weighted by molar-refractivity contribution is 6.80. The van der Waals surface area contributed by atoms with E-state index >= 15 is 0 Å². The van der Waals surface area contributed by atoms with E-state index in [-0.39, 0.29) is 0 Å². The zero-order valence-electron chi connectivity index (χ0n) is 17.0. The molecule has 0 aliphatic carbocycles. The molecule has 1 rings (SSSR count). The molecule has 0 aromatic carbocycles. The first kappa shape index (κ1) is 24.8. The van der Waals surface area contributed by atoms with Gasteiger partial charge in [0, 0.05) is 13.7 Å². The van der Waals surface area contributed by atoms with Gasteiger partial charge in [0.2, 0.25) is 0 Å². The Morgan fingerprint density at radius 2 is 1.15 bits per heavy atom. The minimum absolute atomic E-state index is 0.589. The van der Waals surface area contributed by atoms with Gasteiger partial charge in [-0.05, 0) is 45.2 Å². The van der Waals surface area contributed by atoms with Gasteiger partial charge in [-0.2, -0.15) is 0 Å². The molecule has 0 aromatic heterocycles. The molecule has 13 heteroatoms. The highest BCUT2D eigenvalue weighted by Gasteiger charge is 2.38. The van der Waals surface area contributed by atoms with Crippen LogP contribution in [0.3, 0.4) is 0 Å². The Bertz CT molecular complexity index is 351. The molecule has 8 nitrogen and oxygen atoms in total. The number of methoxy groups -OCH3 is 1. The molecule has 0 bridgehead atoms. The quantitative estimate of drug-likeness (QED) is 0.347. The molecule has 156 valence electrons. The zero-order chi connectivity index (χ0) is 19.4. The van der Waals surface area contributed by atoms with E-state index in [0.29, 0.717) is 33.0 Å². The molecule has 1 saturated heterocycles. The van der Waals surface area contributed by atoms with Crippen LogP contribution in [0.25, 0.3) is 0 Å². The summed E-state index contributed by atoms with van der Waals surface area (Å²) in [5, 5.41) is 0. The van der Waals surface area contributed by atoms with Crippen molar-refractivity contribution in [3.05, 3.63) is 0 Å². The fourth-order valence-corrected chi connectivity index (χ4v) is 20.4. The van der Waals surface area contributed by atoms with E-state index in [1.54, 1.807) is 7.11 Å². The Morgan fingerprint density at radius 3 is 1.69 bits per heavy atom. The molecule has 1 heterocycles. The Kier molecular flexibility index (Phi) is 13.2. The third-order valence-electron chi connectivity index (χ3n) is 3.70. The Hall–Kier alpha value is 0.764. The number of hydrogen-bond donors (Lipinski definition) is 0. The average molecular weight is 461 g/mol. The molecular formula is C13H36O8Si5. The third-order valence-corrected chi connectivity index (χ3v) is 20.8. The van der Waals surface area contributed by atoms with E-state index in [1.807, 2.05) is 0 Å². The molecule has 0 N–H and O–H groups in total. The van der Waals surface area contributed by atoms with Crippen molar-refractivity contribution in [1.82, 2.24) is 0 Å². The standard InChI is InChI=1S/C13H36O8Si5/c1-14-9-10-16-12-11-15-8-7-13-26(6)20-24(4)18-22(2)17-23(3)19-25(5)21-26/h22-25H,7-13H2,1-6H3. The lowest BCUT2D eigenvalue weighted by atomic mass is 10.5. The fraction of sp³-hybridized carbons (Fsp3) is 1.00. The predicted molar refractivity (Wildman–Crippen MR) is 112 cm³/mol. The average Bonchev–Trinajstić information content (AvgIpc) is 2.51. The molecule has 4 atom stereocenters. The lowest BCUT2D eigenvalue weighted by Crippen LogP contribution is -2.52. The van der Waals surface area contributed by atoms with Crippen LogP contribution in [-0.2, 0) is 34.8 Å². The van der Waals surface area contributed by atoms with Gasteiger partial charge in [-0.25, -0.2) is 0 Å². The first-order valence-electron chi connectivity index (χ1n) is 9.31. The van der Waals surface area contributed by atoms with Crippen LogP contribution in [-0.4, -0.2) is 85.8 Å².